The van der Waals surface area contributed by atoms with Crippen molar-refractivity contribution in [1.29, 1.82) is 10.5 Å². The van der Waals surface area contributed by atoms with Crippen molar-refractivity contribution in [1.82, 2.24) is 5.32 Å². The molecule has 1 rings (SSSR count). The Kier molecular flexibility index (Phi) is 7.16. The number of rotatable bonds is 7. The van der Waals surface area contributed by atoms with E-state index in [0.29, 0.717) is 12.8 Å². The molecule has 2 atom stereocenters. The SMILES string of the molecule is CCOC(=O)CS[C@@H]1NC(Cl)=C(C#N)[C@@](C#N)(C(N)=O)C1(CC)CC. The number of nitriles is 2. The number of hydrogen-bond donors (Lipinski definition) is 2. The Morgan fingerprint density at radius 3 is 2.36 bits per heavy atom. The third-order valence-corrected chi connectivity index (χ3v) is 6.29. The Labute approximate surface area is 156 Å². The van der Waals surface area contributed by atoms with Gasteiger partial charge in [0.15, 0.2) is 5.41 Å². The minimum Gasteiger partial charge on any atom is -0.465 e. The fourth-order valence-electron chi connectivity index (χ4n) is 3.37. The highest BCUT2D eigenvalue weighted by Gasteiger charge is 2.64. The molecule has 0 saturated carbocycles. The molecule has 0 fully saturated rings. The number of hydrogen-bond acceptors (Lipinski definition) is 7. The van der Waals surface area contributed by atoms with Gasteiger partial charge in [0.1, 0.15) is 11.2 Å². The summed E-state index contributed by atoms with van der Waals surface area (Å²) in [6.45, 7) is 5.59. The molecule has 0 radical (unpaired) electrons. The Balaban J connectivity index is 3.50. The summed E-state index contributed by atoms with van der Waals surface area (Å²) in [4.78, 5) is 24.1. The first-order valence-electron chi connectivity index (χ1n) is 7.86. The summed E-state index contributed by atoms with van der Waals surface area (Å²) in [5, 5.41) is 21.7. The zero-order valence-corrected chi connectivity index (χ0v) is 16.0. The zero-order valence-electron chi connectivity index (χ0n) is 14.4. The van der Waals surface area contributed by atoms with Crippen LogP contribution in [0.2, 0.25) is 0 Å². The maximum atomic E-state index is 12.4. The Morgan fingerprint density at radius 2 is 1.96 bits per heavy atom. The predicted octanol–water partition coefficient (Wildman–Crippen LogP) is 1.99. The van der Waals surface area contributed by atoms with Gasteiger partial charge >= 0.3 is 5.97 Å². The van der Waals surface area contributed by atoms with Gasteiger partial charge in [-0.1, -0.05) is 25.4 Å². The molecule has 0 aromatic heterocycles. The molecule has 0 bridgehead atoms. The van der Waals surface area contributed by atoms with Crippen LogP contribution in [0.25, 0.3) is 0 Å². The van der Waals surface area contributed by atoms with E-state index in [1.165, 1.54) is 11.8 Å². The van der Waals surface area contributed by atoms with Crippen molar-refractivity contribution in [3.63, 3.8) is 0 Å². The number of nitrogens with zero attached hydrogens (tertiary/aromatic N) is 2. The summed E-state index contributed by atoms with van der Waals surface area (Å²) >= 11 is 7.34. The number of carbonyl (C=O) groups is 2. The fourth-order valence-corrected chi connectivity index (χ4v) is 5.14. The number of esters is 1. The second kappa shape index (κ2) is 8.46. The van der Waals surface area contributed by atoms with Gasteiger partial charge in [-0.2, -0.15) is 10.5 Å². The topological polar surface area (TPSA) is 129 Å². The van der Waals surface area contributed by atoms with E-state index in [9.17, 15) is 20.1 Å². The summed E-state index contributed by atoms with van der Waals surface area (Å²) in [6, 6.07) is 3.84. The van der Waals surface area contributed by atoms with Crippen LogP contribution in [-0.2, 0) is 14.3 Å². The van der Waals surface area contributed by atoms with Gasteiger partial charge in [0, 0.05) is 5.41 Å². The van der Waals surface area contributed by atoms with Crippen molar-refractivity contribution in [3.05, 3.63) is 10.7 Å². The molecule has 136 valence electrons. The molecule has 3 N–H and O–H groups in total. The van der Waals surface area contributed by atoms with Crippen LogP contribution in [0.3, 0.4) is 0 Å². The van der Waals surface area contributed by atoms with Gasteiger partial charge < -0.3 is 15.8 Å². The van der Waals surface area contributed by atoms with Crippen molar-refractivity contribution < 1.29 is 14.3 Å². The standard InChI is InChI=1S/C16H21ClN4O3S/c1-4-15(5-2)14(25-8-11(22)24-6-3)21-12(17)10(7-18)16(15,9-19)13(20)23/h14,21H,4-6,8H2,1-3H3,(H2,20,23)/t14-,16-/m0/s1. The van der Waals surface area contributed by atoms with Crippen molar-refractivity contribution in [2.75, 3.05) is 12.4 Å². The minimum atomic E-state index is -1.88. The van der Waals surface area contributed by atoms with Crippen LogP contribution in [0.1, 0.15) is 33.6 Å². The number of ether oxygens (including phenoxy) is 1. The molecule has 7 nitrogen and oxygen atoms in total. The summed E-state index contributed by atoms with van der Waals surface area (Å²) in [5.74, 6) is -1.32. The number of amides is 1. The maximum absolute atomic E-state index is 12.4. The molecule has 9 heteroatoms. The summed E-state index contributed by atoms with van der Waals surface area (Å²) < 4.78 is 4.92. The number of nitrogens with one attached hydrogen (secondary N) is 1. The molecular weight excluding hydrogens is 364 g/mol. The Bertz CT molecular complexity index is 663. The van der Waals surface area contributed by atoms with Gasteiger partial charge in [0.25, 0.3) is 0 Å². The van der Waals surface area contributed by atoms with Gasteiger partial charge in [0.2, 0.25) is 5.91 Å². The largest absolute Gasteiger partial charge is 0.465 e. The first-order chi connectivity index (χ1) is 11.8. The Hall–Kier alpha value is -1.90. The van der Waals surface area contributed by atoms with E-state index >= 15 is 0 Å². The molecule has 0 aromatic rings. The maximum Gasteiger partial charge on any atom is 0.315 e. The van der Waals surface area contributed by atoms with E-state index in [2.05, 4.69) is 5.32 Å². The average Bonchev–Trinajstić information content (AvgIpc) is 2.59. The van der Waals surface area contributed by atoms with Crippen LogP contribution in [-0.4, -0.2) is 29.6 Å². The first kappa shape index (κ1) is 21.1. The van der Waals surface area contributed by atoms with E-state index in [0.717, 1.165) is 0 Å². The first-order valence-corrected chi connectivity index (χ1v) is 9.29. The van der Waals surface area contributed by atoms with E-state index in [1.54, 1.807) is 6.92 Å². The number of primary amides is 1. The number of halogens is 1. The van der Waals surface area contributed by atoms with Crippen LogP contribution in [0.15, 0.2) is 10.7 Å². The molecule has 0 aromatic carbocycles. The molecule has 1 heterocycles. The predicted molar refractivity (Wildman–Crippen MR) is 94.8 cm³/mol. The van der Waals surface area contributed by atoms with E-state index < -0.39 is 28.1 Å². The molecule has 1 aliphatic heterocycles. The third kappa shape index (κ3) is 3.29. The lowest BCUT2D eigenvalue weighted by atomic mass is 9.56. The summed E-state index contributed by atoms with van der Waals surface area (Å²) in [7, 11) is 0. The van der Waals surface area contributed by atoms with Crippen LogP contribution < -0.4 is 11.1 Å². The number of nitrogens with two attached hydrogens (primary N) is 1. The van der Waals surface area contributed by atoms with Gasteiger partial charge in [-0.3, -0.25) is 9.59 Å². The number of carbonyl (C=O) groups excluding carboxylic acids is 2. The fraction of sp³-hybridized carbons (Fsp3) is 0.625. The molecule has 25 heavy (non-hydrogen) atoms. The van der Waals surface area contributed by atoms with E-state index in [1.807, 2.05) is 26.0 Å². The molecular formula is C16H21ClN4O3S. The van der Waals surface area contributed by atoms with Crippen molar-refractivity contribution in [2.24, 2.45) is 16.6 Å². The second-order valence-electron chi connectivity index (χ2n) is 5.53. The smallest absolute Gasteiger partial charge is 0.315 e. The molecule has 0 saturated heterocycles. The highest BCUT2D eigenvalue weighted by Crippen LogP contribution is 2.57. The molecule has 0 aliphatic carbocycles. The highest BCUT2D eigenvalue weighted by molar-refractivity contribution is 8.00. The second-order valence-corrected chi connectivity index (χ2v) is 7.00. The quantitative estimate of drug-likeness (QED) is 0.507. The van der Waals surface area contributed by atoms with Gasteiger partial charge in [-0.05, 0) is 19.8 Å². The lowest BCUT2D eigenvalue weighted by Gasteiger charge is -2.51. The minimum absolute atomic E-state index is 0.0135. The highest BCUT2D eigenvalue weighted by atomic mass is 35.5. The monoisotopic (exact) mass is 384 g/mol. The average molecular weight is 385 g/mol. The van der Waals surface area contributed by atoms with Crippen molar-refractivity contribution >= 4 is 35.2 Å². The van der Waals surface area contributed by atoms with Gasteiger partial charge in [-0.25, -0.2) is 0 Å². The van der Waals surface area contributed by atoms with E-state index in [4.69, 9.17) is 22.1 Å². The van der Waals surface area contributed by atoms with Crippen LogP contribution >= 0.6 is 23.4 Å². The summed E-state index contributed by atoms with van der Waals surface area (Å²) in [6.07, 6.45) is 0.756. The van der Waals surface area contributed by atoms with Crippen LogP contribution in [0.5, 0.6) is 0 Å². The lowest BCUT2D eigenvalue weighted by molar-refractivity contribution is -0.139. The van der Waals surface area contributed by atoms with Crippen molar-refractivity contribution in [2.45, 2.75) is 39.0 Å². The summed E-state index contributed by atoms with van der Waals surface area (Å²) in [5.41, 5.74) is 2.54. The van der Waals surface area contributed by atoms with Gasteiger partial charge in [0.05, 0.1) is 29.4 Å². The van der Waals surface area contributed by atoms with Crippen LogP contribution in [0.4, 0.5) is 0 Å². The molecule has 0 spiro atoms. The zero-order chi connectivity index (χ0) is 19.3. The van der Waals surface area contributed by atoms with Crippen molar-refractivity contribution in [3.8, 4) is 12.1 Å². The Morgan fingerprint density at radius 1 is 1.36 bits per heavy atom. The van der Waals surface area contributed by atoms with Crippen LogP contribution in [0, 0.1) is 33.5 Å². The molecule has 0 unspecified atom stereocenters. The molecule has 1 amide bonds. The van der Waals surface area contributed by atoms with Gasteiger partial charge in [-0.15, -0.1) is 11.8 Å². The third-order valence-electron chi connectivity index (χ3n) is 4.69. The number of thioether (sulfide) groups is 1. The lowest BCUT2D eigenvalue weighted by Crippen LogP contribution is -2.62. The molecule has 1 aliphatic rings. The normalized spacial score (nSPS) is 24.6. The van der Waals surface area contributed by atoms with E-state index in [-0.39, 0.29) is 23.1 Å².